The summed E-state index contributed by atoms with van der Waals surface area (Å²) in [5.74, 6) is -2.47. The molecule has 1 aromatic rings. The first-order valence-corrected chi connectivity index (χ1v) is 5.26. The van der Waals surface area contributed by atoms with Crippen LogP contribution in [0.3, 0.4) is 0 Å². The smallest absolute Gasteiger partial charge is 0.329 e. The number of methoxy groups -OCH3 is 1. The molecule has 0 bridgehead atoms. The van der Waals surface area contributed by atoms with Crippen molar-refractivity contribution in [3.05, 3.63) is 35.4 Å². The molecule has 2 amide bonds. The van der Waals surface area contributed by atoms with Gasteiger partial charge in [0, 0.05) is 7.11 Å². The lowest BCUT2D eigenvalue weighted by Crippen LogP contribution is -2.47. The van der Waals surface area contributed by atoms with Gasteiger partial charge in [0.15, 0.2) is 6.04 Å². The highest BCUT2D eigenvalue weighted by Gasteiger charge is 2.42. The van der Waals surface area contributed by atoms with Crippen molar-refractivity contribution >= 4 is 17.8 Å². The lowest BCUT2D eigenvalue weighted by molar-refractivity contribution is -0.143. The van der Waals surface area contributed by atoms with E-state index in [0.29, 0.717) is 0 Å². The number of carbonyl (C=O) groups is 3. The number of ether oxygens (including phenoxy) is 1. The van der Waals surface area contributed by atoms with Gasteiger partial charge in [-0.3, -0.25) is 14.5 Å². The standard InChI is InChI=1S/C12H11NO5/c1-18-6-9(12(16)17)13-10(14)7-4-2-3-5-8(7)11(13)15/h2-5,9H,6H2,1H3,(H,16,17). The molecule has 1 unspecified atom stereocenters. The van der Waals surface area contributed by atoms with E-state index in [1.807, 2.05) is 0 Å². The molecule has 1 aromatic carbocycles. The Morgan fingerprint density at radius 1 is 1.28 bits per heavy atom. The highest BCUT2D eigenvalue weighted by molar-refractivity contribution is 6.22. The number of carboxylic acids is 1. The zero-order valence-electron chi connectivity index (χ0n) is 9.62. The van der Waals surface area contributed by atoms with Crippen molar-refractivity contribution in [2.75, 3.05) is 13.7 Å². The topological polar surface area (TPSA) is 83.9 Å². The number of fused-ring (bicyclic) bond motifs is 1. The summed E-state index contributed by atoms with van der Waals surface area (Å²) in [6, 6.07) is 4.95. The molecule has 1 atom stereocenters. The van der Waals surface area contributed by atoms with Gasteiger partial charge < -0.3 is 9.84 Å². The SMILES string of the molecule is COCC(C(=O)O)N1C(=O)c2ccccc2C1=O. The van der Waals surface area contributed by atoms with Crippen molar-refractivity contribution in [2.45, 2.75) is 6.04 Å². The molecule has 6 nitrogen and oxygen atoms in total. The molecule has 1 heterocycles. The minimum Gasteiger partial charge on any atom is -0.480 e. The van der Waals surface area contributed by atoms with Gasteiger partial charge >= 0.3 is 5.97 Å². The second-order valence-electron chi connectivity index (χ2n) is 3.84. The quantitative estimate of drug-likeness (QED) is 0.780. The van der Waals surface area contributed by atoms with Crippen molar-refractivity contribution in [3.63, 3.8) is 0 Å². The van der Waals surface area contributed by atoms with Gasteiger partial charge in [-0.1, -0.05) is 12.1 Å². The van der Waals surface area contributed by atoms with Gasteiger partial charge in [0.2, 0.25) is 0 Å². The van der Waals surface area contributed by atoms with E-state index in [9.17, 15) is 14.4 Å². The second kappa shape index (κ2) is 4.58. The lowest BCUT2D eigenvalue weighted by Gasteiger charge is -2.21. The van der Waals surface area contributed by atoms with Crippen LogP contribution in [0.4, 0.5) is 0 Å². The van der Waals surface area contributed by atoms with Gasteiger partial charge in [-0.2, -0.15) is 0 Å². The largest absolute Gasteiger partial charge is 0.480 e. The number of aliphatic carboxylic acids is 1. The fourth-order valence-corrected chi connectivity index (χ4v) is 1.91. The Morgan fingerprint density at radius 3 is 2.17 bits per heavy atom. The van der Waals surface area contributed by atoms with Gasteiger partial charge in [-0.25, -0.2) is 4.79 Å². The Balaban J connectivity index is 2.41. The van der Waals surface area contributed by atoms with Crippen molar-refractivity contribution in [1.82, 2.24) is 4.90 Å². The summed E-state index contributed by atoms with van der Waals surface area (Å²) in [6.45, 7) is -0.235. The third-order valence-corrected chi connectivity index (χ3v) is 2.75. The van der Waals surface area contributed by atoms with E-state index >= 15 is 0 Å². The first-order chi connectivity index (χ1) is 8.57. The van der Waals surface area contributed by atoms with E-state index in [1.165, 1.54) is 19.2 Å². The van der Waals surface area contributed by atoms with E-state index in [4.69, 9.17) is 9.84 Å². The number of carboxylic acid groups (broad SMARTS) is 1. The van der Waals surface area contributed by atoms with Crippen LogP contribution in [0, 0.1) is 0 Å². The molecule has 2 rings (SSSR count). The summed E-state index contributed by atoms with van der Waals surface area (Å²) in [6.07, 6.45) is 0. The molecule has 0 spiro atoms. The van der Waals surface area contributed by atoms with Crippen LogP contribution >= 0.6 is 0 Å². The number of amides is 2. The highest BCUT2D eigenvalue weighted by atomic mass is 16.5. The van der Waals surface area contributed by atoms with Crippen molar-refractivity contribution in [3.8, 4) is 0 Å². The van der Waals surface area contributed by atoms with Gasteiger partial charge in [0.1, 0.15) is 0 Å². The van der Waals surface area contributed by atoms with E-state index in [2.05, 4.69) is 0 Å². The average molecular weight is 249 g/mol. The molecule has 94 valence electrons. The fraction of sp³-hybridized carbons (Fsp3) is 0.250. The summed E-state index contributed by atoms with van der Waals surface area (Å²) in [7, 11) is 1.31. The van der Waals surface area contributed by atoms with Crippen LogP contribution in [0.15, 0.2) is 24.3 Å². The van der Waals surface area contributed by atoms with Crippen molar-refractivity contribution < 1.29 is 24.2 Å². The zero-order chi connectivity index (χ0) is 13.3. The fourth-order valence-electron chi connectivity index (χ4n) is 1.91. The summed E-state index contributed by atoms with van der Waals surface area (Å²) < 4.78 is 4.75. The maximum atomic E-state index is 12.0. The average Bonchev–Trinajstić information content (AvgIpc) is 2.60. The monoisotopic (exact) mass is 249 g/mol. The molecule has 1 N–H and O–H groups in total. The Hall–Kier alpha value is -2.21. The number of imide groups is 1. The van der Waals surface area contributed by atoms with Crippen LogP contribution in [-0.4, -0.2) is 47.5 Å². The number of rotatable bonds is 4. The molecule has 0 aliphatic carbocycles. The molecule has 18 heavy (non-hydrogen) atoms. The number of nitrogens with zero attached hydrogens (tertiary/aromatic N) is 1. The predicted molar refractivity (Wildman–Crippen MR) is 60.2 cm³/mol. The van der Waals surface area contributed by atoms with E-state index in [-0.39, 0.29) is 17.7 Å². The number of hydrogen-bond acceptors (Lipinski definition) is 4. The van der Waals surface area contributed by atoms with Gasteiger partial charge in [-0.15, -0.1) is 0 Å². The molecular formula is C12H11NO5. The number of benzene rings is 1. The summed E-state index contributed by atoms with van der Waals surface area (Å²) in [5.41, 5.74) is 0.453. The van der Waals surface area contributed by atoms with Crippen LogP contribution in [0.2, 0.25) is 0 Å². The Morgan fingerprint density at radius 2 is 1.78 bits per heavy atom. The Kier molecular flexibility index (Phi) is 3.12. The molecule has 0 fully saturated rings. The Labute approximate surface area is 103 Å². The molecular weight excluding hydrogens is 238 g/mol. The van der Waals surface area contributed by atoms with Crippen LogP contribution in [0.1, 0.15) is 20.7 Å². The zero-order valence-corrected chi connectivity index (χ0v) is 9.62. The Bertz CT molecular complexity index is 490. The third-order valence-electron chi connectivity index (χ3n) is 2.75. The first-order valence-electron chi connectivity index (χ1n) is 5.26. The van der Waals surface area contributed by atoms with E-state index in [1.54, 1.807) is 12.1 Å². The minimum absolute atomic E-state index is 0.227. The minimum atomic E-state index is -1.30. The summed E-state index contributed by atoms with van der Waals surface area (Å²) >= 11 is 0. The highest BCUT2D eigenvalue weighted by Crippen LogP contribution is 2.24. The lowest BCUT2D eigenvalue weighted by atomic mass is 10.1. The second-order valence-corrected chi connectivity index (χ2v) is 3.84. The van der Waals surface area contributed by atoms with Crippen molar-refractivity contribution in [2.24, 2.45) is 0 Å². The van der Waals surface area contributed by atoms with E-state index in [0.717, 1.165) is 4.90 Å². The van der Waals surface area contributed by atoms with Crippen LogP contribution < -0.4 is 0 Å². The molecule has 0 radical (unpaired) electrons. The van der Waals surface area contributed by atoms with Crippen LogP contribution in [0.5, 0.6) is 0 Å². The normalized spacial score (nSPS) is 15.7. The van der Waals surface area contributed by atoms with E-state index < -0.39 is 23.8 Å². The van der Waals surface area contributed by atoms with Gasteiger partial charge in [0.25, 0.3) is 11.8 Å². The molecule has 0 aromatic heterocycles. The van der Waals surface area contributed by atoms with Gasteiger partial charge in [0.05, 0.1) is 17.7 Å². The molecule has 0 saturated heterocycles. The number of hydrogen-bond donors (Lipinski definition) is 1. The molecule has 6 heteroatoms. The summed E-state index contributed by atoms with van der Waals surface area (Å²) in [4.78, 5) is 35.9. The number of carbonyl (C=O) groups excluding carboxylic acids is 2. The maximum absolute atomic E-state index is 12.0. The first kappa shape index (κ1) is 12.3. The third kappa shape index (κ3) is 1.76. The predicted octanol–water partition coefficient (Wildman–Crippen LogP) is 0.382. The van der Waals surface area contributed by atoms with Crippen LogP contribution in [-0.2, 0) is 9.53 Å². The van der Waals surface area contributed by atoms with Crippen LogP contribution in [0.25, 0.3) is 0 Å². The maximum Gasteiger partial charge on any atom is 0.329 e. The molecule has 1 aliphatic rings. The van der Waals surface area contributed by atoms with Crippen molar-refractivity contribution in [1.29, 1.82) is 0 Å². The summed E-state index contributed by atoms with van der Waals surface area (Å²) in [5, 5.41) is 9.05. The van der Waals surface area contributed by atoms with Gasteiger partial charge in [-0.05, 0) is 12.1 Å². The molecule has 1 aliphatic heterocycles. The molecule has 0 saturated carbocycles.